The van der Waals surface area contributed by atoms with Gasteiger partial charge in [0.15, 0.2) is 0 Å². The summed E-state index contributed by atoms with van der Waals surface area (Å²) in [6.45, 7) is 3.26. The van der Waals surface area contributed by atoms with E-state index in [9.17, 15) is 0 Å². The Morgan fingerprint density at radius 2 is 1.82 bits per heavy atom. The van der Waals surface area contributed by atoms with Crippen LogP contribution in [-0.2, 0) is 6.42 Å². The van der Waals surface area contributed by atoms with Gasteiger partial charge in [-0.25, -0.2) is 0 Å². The zero-order valence-corrected chi connectivity index (χ0v) is 10.9. The van der Waals surface area contributed by atoms with Crippen LogP contribution in [0.2, 0.25) is 0 Å². The first-order chi connectivity index (χ1) is 8.29. The molecule has 1 fully saturated rings. The number of nitrogens with two attached hydrogens (primary N) is 1. The molecule has 0 spiro atoms. The van der Waals surface area contributed by atoms with Crippen molar-refractivity contribution in [3.8, 4) is 0 Å². The third kappa shape index (κ3) is 3.55. The van der Waals surface area contributed by atoms with Crippen LogP contribution < -0.4 is 5.73 Å². The third-order valence-electron chi connectivity index (χ3n) is 3.84. The van der Waals surface area contributed by atoms with Gasteiger partial charge in [-0.3, -0.25) is 0 Å². The van der Waals surface area contributed by atoms with Crippen molar-refractivity contribution in [2.75, 3.05) is 26.7 Å². The van der Waals surface area contributed by atoms with Crippen LogP contribution in [0.15, 0.2) is 24.3 Å². The van der Waals surface area contributed by atoms with Crippen LogP contribution in [-0.4, -0.2) is 31.6 Å². The SMILES string of the molecule is CN1CCC(c2ccc(CCCN)cc2)CC1. The molecule has 1 aliphatic rings. The molecule has 0 unspecified atom stereocenters. The molecule has 0 amide bonds. The fourth-order valence-corrected chi connectivity index (χ4v) is 2.60. The van der Waals surface area contributed by atoms with E-state index in [4.69, 9.17) is 5.73 Å². The standard InChI is InChI=1S/C15H24N2/c1-17-11-8-15(9-12-17)14-6-4-13(5-7-14)3-2-10-16/h4-7,15H,2-3,8-12,16H2,1H3. The van der Waals surface area contributed by atoms with Gasteiger partial charge in [0.05, 0.1) is 0 Å². The molecule has 17 heavy (non-hydrogen) atoms. The molecule has 0 saturated carbocycles. The van der Waals surface area contributed by atoms with Gasteiger partial charge in [-0.15, -0.1) is 0 Å². The fraction of sp³-hybridized carbons (Fsp3) is 0.600. The lowest BCUT2D eigenvalue weighted by molar-refractivity contribution is 0.255. The van der Waals surface area contributed by atoms with Gasteiger partial charge in [-0.2, -0.15) is 0 Å². The highest BCUT2D eigenvalue weighted by molar-refractivity contribution is 5.26. The maximum absolute atomic E-state index is 5.53. The molecule has 2 heteroatoms. The monoisotopic (exact) mass is 232 g/mol. The van der Waals surface area contributed by atoms with Gasteiger partial charge in [0, 0.05) is 0 Å². The Labute approximate surface area is 105 Å². The smallest absolute Gasteiger partial charge is 0.00159 e. The number of benzene rings is 1. The molecular formula is C15H24N2. The van der Waals surface area contributed by atoms with Crippen LogP contribution >= 0.6 is 0 Å². The first kappa shape index (κ1) is 12.6. The maximum atomic E-state index is 5.53. The summed E-state index contributed by atoms with van der Waals surface area (Å²) in [6.07, 6.45) is 4.81. The Kier molecular flexibility index (Phi) is 4.57. The molecule has 0 bridgehead atoms. The highest BCUT2D eigenvalue weighted by Crippen LogP contribution is 2.27. The number of hydrogen-bond acceptors (Lipinski definition) is 2. The molecule has 0 aromatic heterocycles. The first-order valence-corrected chi connectivity index (χ1v) is 6.77. The van der Waals surface area contributed by atoms with Gasteiger partial charge < -0.3 is 10.6 Å². The zero-order chi connectivity index (χ0) is 12.1. The van der Waals surface area contributed by atoms with E-state index in [1.807, 2.05) is 0 Å². The second kappa shape index (κ2) is 6.18. The number of rotatable bonds is 4. The molecule has 1 heterocycles. The van der Waals surface area contributed by atoms with Crippen LogP contribution in [0.5, 0.6) is 0 Å². The lowest BCUT2D eigenvalue weighted by Crippen LogP contribution is -2.29. The largest absolute Gasteiger partial charge is 0.330 e. The van der Waals surface area contributed by atoms with Gasteiger partial charge in [-0.1, -0.05) is 24.3 Å². The average molecular weight is 232 g/mol. The van der Waals surface area contributed by atoms with E-state index in [0.717, 1.165) is 25.3 Å². The second-order valence-corrected chi connectivity index (χ2v) is 5.21. The van der Waals surface area contributed by atoms with E-state index in [0.29, 0.717) is 0 Å². The van der Waals surface area contributed by atoms with Crippen LogP contribution in [0.25, 0.3) is 0 Å². The van der Waals surface area contributed by atoms with Crippen molar-refractivity contribution in [1.82, 2.24) is 4.90 Å². The van der Waals surface area contributed by atoms with E-state index >= 15 is 0 Å². The molecule has 1 aliphatic heterocycles. The van der Waals surface area contributed by atoms with E-state index in [1.54, 1.807) is 0 Å². The van der Waals surface area contributed by atoms with Gasteiger partial charge in [0.1, 0.15) is 0 Å². The molecule has 0 radical (unpaired) electrons. The van der Waals surface area contributed by atoms with Crippen molar-refractivity contribution in [1.29, 1.82) is 0 Å². The van der Waals surface area contributed by atoms with Crippen molar-refractivity contribution in [3.05, 3.63) is 35.4 Å². The van der Waals surface area contributed by atoms with Gasteiger partial charge in [0.2, 0.25) is 0 Å². The topological polar surface area (TPSA) is 29.3 Å². The lowest BCUT2D eigenvalue weighted by atomic mass is 9.89. The summed E-state index contributed by atoms with van der Waals surface area (Å²) in [5.41, 5.74) is 8.48. The fourth-order valence-electron chi connectivity index (χ4n) is 2.60. The average Bonchev–Trinajstić information content (AvgIpc) is 2.38. The highest BCUT2D eigenvalue weighted by Gasteiger charge is 2.17. The van der Waals surface area contributed by atoms with E-state index in [2.05, 4.69) is 36.2 Å². The minimum Gasteiger partial charge on any atom is -0.330 e. The van der Waals surface area contributed by atoms with Crippen LogP contribution in [0, 0.1) is 0 Å². The van der Waals surface area contributed by atoms with Crippen molar-refractivity contribution in [2.24, 2.45) is 5.73 Å². The summed E-state index contributed by atoms with van der Waals surface area (Å²) in [7, 11) is 2.21. The minimum absolute atomic E-state index is 0.773. The number of nitrogens with zero attached hydrogens (tertiary/aromatic N) is 1. The molecule has 1 aromatic rings. The van der Waals surface area contributed by atoms with Crippen LogP contribution in [0.4, 0.5) is 0 Å². The summed E-state index contributed by atoms with van der Waals surface area (Å²) in [4.78, 5) is 2.42. The Morgan fingerprint density at radius 3 is 2.41 bits per heavy atom. The van der Waals surface area contributed by atoms with E-state index < -0.39 is 0 Å². The van der Waals surface area contributed by atoms with Gasteiger partial charge in [0.25, 0.3) is 0 Å². The molecule has 2 N–H and O–H groups in total. The molecule has 1 aromatic carbocycles. The Bertz CT molecular complexity index is 323. The second-order valence-electron chi connectivity index (χ2n) is 5.21. The molecule has 2 nitrogen and oxygen atoms in total. The number of piperidine rings is 1. The third-order valence-corrected chi connectivity index (χ3v) is 3.84. The molecule has 1 saturated heterocycles. The Morgan fingerprint density at radius 1 is 1.18 bits per heavy atom. The summed E-state index contributed by atoms with van der Waals surface area (Å²) in [6, 6.07) is 9.20. The molecule has 2 rings (SSSR count). The maximum Gasteiger partial charge on any atom is -0.00159 e. The number of aryl methyl sites for hydroxylation is 1. The Hall–Kier alpha value is -0.860. The first-order valence-electron chi connectivity index (χ1n) is 6.77. The molecule has 0 aliphatic carbocycles. The molecule has 94 valence electrons. The predicted molar refractivity (Wildman–Crippen MR) is 73.3 cm³/mol. The number of likely N-dealkylation sites (tertiary alicyclic amines) is 1. The normalized spacial score (nSPS) is 18.5. The zero-order valence-electron chi connectivity index (χ0n) is 10.9. The predicted octanol–water partition coefficient (Wildman–Crippen LogP) is 2.39. The number of hydrogen-bond donors (Lipinski definition) is 1. The summed E-state index contributed by atoms with van der Waals surface area (Å²) < 4.78 is 0. The van der Waals surface area contributed by atoms with E-state index in [-0.39, 0.29) is 0 Å². The molecular weight excluding hydrogens is 208 g/mol. The van der Waals surface area contributed by atoms with Crippen molar-refractivity contribution < 1.29 is 0 Å². The van der Waals surface area contributed by atoms with Crippen molar-refractivity contribution >= 4 is 0 Å². The van der Waals surface area contributed by atoms with Gasteiger partial charge in [-0.05, 0) is 69.4 Å². The van der Waals surface area contributed by atoms with Crippen LogP contribution in [0.3, 0.4) is 0 Å². The minimum atomic E-state index is 0.773. The van der Waals surface area contributed by atoms with Crippen molar-refractivity contribution in [2.45, 2.75) is 31.6 Å². The molecule has 0 atom stereocenters. The summed E-state index contributed by atoms with van der Waals surface area (Å²) in [5.74, 6) is 0.773. The lowest BCUT2D eigenvalue weighted by Gasteiger charge is -2.29. The van der Waals surface area contributed by atoms with Gasteiger partial charge >= 0.3 is 0 Å². The highest BCUT2D eigenvalue weighted by atomic mass is 15.1. The summed E-state index contributed by atoms with van der Waals surface area (Å²) >= 11 is 0. The van der Waals surface area contributed by atoms with Crippen LogP contribution in [0.1, 0.15) is 36.3 Å². The van der Waals surface area contributed by atoms with E-state index in [1.165, 1.54) is 37.1 Å². The summed E-state index contributed by atoms with van der Waals surface area (Å²) in [5, 5.41) is 0. The Balaban J connectivity index is 1.93. The quantitative estimate of drug-likeness (QED) is 0.863. The van der Waals surface area contributed by atoms with Crippen molar-refractivity contribution in [3.63, 3.8) is 0 Å².